The van der Waals surface area contributed by atoms with Gasteiger partial charge in [0.25, 0.3) is 0 Å². The third kappa shape index (κ3) is 4.73. The first-order valence-corrected chi connectivity index (χ1v) is 11.7. The lowest BCUT2D eigenvalue weighted by atomic mass is 10.0. The van der Waals surface area contributed by atoms with Crippen molar-refractivity contribution in [2.45, 2.75) is 33.4 Å². The van der Waals surface area contributed by atoms with Crippen molar-refractivity contribution in [1.29, 1.82) is 0 Å². The Kier molecular flexibility index (Phi) is 6.54. The van der Waals surface area contributed by atoms with Gasteiger partial charge in [0, 0.05) is 5.02 Å². The first-order chi connectivity index (χ1) is 16.1. The van der Waals surface area contributed by atoms with Gasteiger partial charge in [-0.1, -0.05) is 23.7 Å². The molecule has 0 unspecified atom stereocenters. The van der Waals surface area contributed by atoms with Crippen LogP contribution in [0.4, 0.5) is 5.69 Å². The number of nitrogens with zero attached hydrogens (tertiary/aromatic N) is 4. The number of carbonyl (C=O) groups is 1. The number of aromatic nitrogens is 4. The monoisotopic (exact) mass is 499 g/mol. The van der Waals surface area contributed by atoms with E-state index in [4.69, 9.17) is 11.6 Å². The molecular formula is C23H22ClN5O4S. The number of halogens is 1. The second-order valence-corrected chi connectivity index (χ2v) is 9.65. The molecular weight excluding hydrogens is 478 g/mol. The summed E-state index contributed by atoms with van der Waals surface area (Å²) in [6, 6.07) is 11.5. The summed E-state index contributed by atoms with van der Waals surface area (Å²) < 4.78 is 3.17. The number of aromatic amines is 1. The summed E-state index contributed by atoms with van der Waals surface area (Å²) in [5, 5.41) is 10.9. The highest BCUT2D eigenvalue weighted by Crippen LogP contribution is 2.25. The first-order valence-electron chi connectivity index (χ1n) is 10.5. The Bertz CT molecular complexity index is 1570. The van der Waals surface area contributed by atoms with E-state index in [-0.39, 0.29) is 12.2 Å². The molecule has 0 radical (unpaired) electrons. The average molecular weight is 500 g/mol. The number of H-pyrrole nitrogens is 1. The average Bonchev–Trinajstić information content (AvgIpc) is 3.16. The van der Waals surface area contributed by atoms with E-state index in [1.165, 1.54) is 29.8 Å². The van der Waals surface area contributed by atoms with Gasteiger partial charge in [-0.15, -0.1) is 11.3 Å². The molecule has 0 aliphatic heterocycles. The summed E-state index contributed by atoms with van der Waals surface area (Å²) in [6.45, 7) is 4.99. The smallest absolute Gasteiger partial charge is 0.335 e. The van der Waals surface area contributed by atoms with Gasteiger partial charge in [-0.25, -0.2) is 24.1 Å². The standard InChI is InChI=1S/C23H22ClN5O4S/c1-12(20(30)31)13(2)29-22(32)27-21(26-17-8-9-18-19(10-17)34-14(3)25-18)28(23(29)33)11-15-4-6-16(24)7-5-15/h4-10,12-13H,11H2,1-3H3,(H,30,31)(H,26,27,32)/t12-,13+/m1/s1. The largest absolute Gasteiger partial charge is 0.481 e. The molecule has 0 amide bonds. The number of rotatable bonds is 6. The molecule has 2 aromatic carbocycles. The van der Waals surface area contributed by atoms with E-state index < -0.39 is 29.3 Å². The minimum Gasteiger partial charge on any atom is -0.481 e. The number of nitrogens with one attached hydrogen (secondary N) is 1. The minimum atomic E-state index is -1.11. The van der Waals surface area contributed by atoms with E-state index in [0.717, 1.165) is 25.4 Å². The summed E-state index contributed by atoms with van der Waals surface area (Å²) in [7, 11) is 0. The summed E-state index contributed by atoms with van der Waals surface area (Å²) in [6.07, 6.45) is 0. The van der Waals surface area contributed by atoms with Crippen molar-refractivity contribution >= 4 is 44.8 Å². The van der Waals surface area contributed by atoms with Crippen molar-refractivity contribution < 1.29 is 9.90 Å². The topological polar surface area (TPSA) is 122 Å². The van der Waals surface area contributed by atoms with Crippen molar-refractivity contribution in [1.82, 2.24) is 19.1 Å². The van der Waals surface area contributed by atoms with Crippen LogP contribution in [-0.2, 0) is 11.3 Å². The van der Waals surface area contributed by atoms with Crippen LogP contribution in [0.25, 0.3) is 10.2 Å². The van der Waals surface area contributed by atoms with E-state index in [0.29, 0.717) is 10.7 Å². The molecule has 2 heterocycles. The summed E-state index contributed by atoms with van der Waals surface area (Å²) in [4.78, 5) is 49.5. The van der Waals surface area contributed by atoms with Crippen LogP contribution in [-0.4, -0.2) is 30.2 Å². The van der Waals surface area contributed by atoms with Gasteiger partial charge >= 0.3 is 17.3 Å². The third-order valence-corrected chi connectivity index (χ3v) is 6.80. The van der Waals surface area contributed by atoms with Gasteiger partial charge < -0.3 is 5.11 Å². The Morgan fingerprint density at radius 2 is 1.91 bits per heavy atom. The zero-order valence-corrected chi connectivity index (χ0v) is 20.2. The van der Waals surface area contributed by atoms with E-state index in [9.17, 15) is 19.5 Å². The van der Waals surface area contributed by atoms with Crippen LogP contribution >= 0.6 is 22.9 Å². The third-order valence-electron chi connectivity index (χ3n) is 5.62. The molecule has 0 bridgehead atoms. The van der Waals surface area contributed by atoms with Crippen LogP contribution in [0, 0.1) is 12.8 Å². The maximum Gasteiger partial charge on any atom is 0.335 e. The van der Waals surface area contributed by atoms with Crippen molar-refractivity contribution in [3.8, 4) is 0 Å². The normalized spacial score (nSPS) is 13.8. The Morgan fingerprint density at radius 3 is 2.59 bits per heavy atom. The Hall–Kier alpha value is -3.50. The number of hydrogen-bond acceptors (Lipinski definition) is 6. The molecule has 2 N–H and O–H groups in total. The molecule has 0 aliphatic carbocycles. The quantitative estimate of drug-likeness (QED) is 0.420. The number of hydrogen-bond donors (Lipinski definition) is 2. The van der Waals surface area contributed by atoms with Crippen LogP contribution in [0.5, 0.6) is 0 Å². The molecule has 4 rings (SSSR count). The van der Waals surface area contributed by atoms with Gasteiger partial charge in [-0.2, -0.15) is 0 Å². The summed E-state index contributed by atoms with van der Waals surface area (Å²) in [5.41, 5.74) is 0.807. The lowest BCUT2D eigenvalue weighted by Gasteiger charge is -2.19. The number of thiazole rings is 1. The molecule has 9 nitrogen and oxygen atoms in total. The van der Waals surface area contributed by atoms with Crippen LogP contribution in [0.1, 0.15) is 30.5 Å². The van der Waals surface area contributed by atoms with Crippen LogP contribution in [0.2, 0.25) is 5.02 Å². The van der Waals surface area contributed by atoms with Gasteiger partial charge in [0.05, 0.1) is 39.4 Å². The summed E-state index contributed by atoms with van der Waals surface area (Å²) in [5.74, 6) is -2.06. The fraction of sp³-hybridized carbons (Fsp3) is 0.261. The molecule has 0 aliphatic rings. The second-order valence-electron chi connectivity index (χ2n) is 7.98. The lowest BCUT2D eigenvalue weighted by molar-refractivity contribution is -0.142. The van der Waals surface area contributed by atoms with E-state index in [1.54, 1.807) is 30.3 Å². The highest BCUT2D eigenvalue weighted by molar-refractivity contribution is 7.18. The maximum absolute atomic E-state index is 13.5. The molecule has 4 aromatic rings. The molecule has 0 spiro atoms. The minimum absolute atomic E-state index is 0.0527. The highest BCUT2D eigenvalue weighted by Gasteiger charge is 2.25. The predicted octanol–water partition coefficient (Wildman–Crippen LogP) is 3.47. The number of benzene rings is 2. The highest BCUT2D eigenvalue weighted by atomic mass is 35.5. The molecule has 0 saturated carbocycles. The van der Waals surface area contributed by atoms with Gasteiger partial charge in [0.15, 0.2) is 0 Å². The van der Waals surface area contributed by atoms with Gasteiger partial charge in [0.1, 0.15) is 0 Å². The van der Waals surface area contributed by atoms with E-state index >= 15 is 0 Å². The SMILES string of the molecule is Cc1nc2ccc(/N=c3\[nH]c(=O)n([C@@H](C)[C@@H](C)C(=O)O)c(=O)n3Cc3ccc(Cl)cc3)cc2s1. The van der Waals surface area contributed by atoms with Gasteiger partial charge in [0.2, 0.25) is 5.62 Å². The van der Waals surface area contributed by atoms with Crippen LogP contribution in [0.15, 0.2) is 57.0 Å². The van der Waals surface area contributed by atoms with E-state index in [1.807, 2.05) is 19.1 Å². The Balaban J connectivity index is 1.92. The first kappa shape index (κ1) is 23.7. The summed E-state index contributed by atoms with van der Waals surface area (Å²) >= 11 is 7.51. The Morgan fingerprint density at radius 1 is 1.21 bits per heavy atom. The molecule has 2 aromatic heterocycles. The molecule has 2 atom stereocenters. The van der Waals surface area contributed by atoms with Gasteiger partial charge in [-0.05, 0) is 56.7 Å². The van der Waals surface area contributed by atoms with Crippen LogP contribution in [0.3, 0.4) is 0 Å². The van der Waals surface area contributed by atoms with Gasteiger partial charge in [-0.3, -0.25) is 14.3 Å². The van der Waals surface area contributed by atoms with Crippen molar-refractivity contribution in [3.63, 3.8) is 0 Å². The fourth-order valence-electron chi connectivity index (χ4n) is 3.54. The number of fused-ring (bicyclic) bond motifs is 1. The maximum atomic E-state index is 13.5. The number of carboxylic acids is 1. The predicted molar refractivity (Wildman–Crippen MR) is 131 cm³/mol. The molecule has 11 heteroatoms. The molecule has 0 fully saturated rings. The van der Waals surface area contributed by atoms with Crippen molar-refractivity contribution in [2.24, 2.45) is 10.9 Å². The number of carboxylic acid groups (broad SMARTS) is 1. The van der Waals surface area contributed by atoms with E-state index in [2.05, 4.69) is 15.0 Å². The van der Waals surface area contributed by atoms with Crippen molar-refractivity contribution in [3.05, 3.63) is 84.6 Å². The molecule has 0 saturated heterocycles. The second kappa shape index (κ2) is 9.40. The zero-order chi connectivity index (χ0) is 24.6. The molecule has 34 heavy (non-hydrogen) atoms. The number of aryl methyl sites for hydroxylation is 1. The zero-order valence-electron chi connectivity index (χ0n) is 18.7. The Labute approximate surface area is 202 Å². The number of aliphatic carboxylic acids is 1. The fourth-order valence-corrected chi connectivity index (χ4v) is 4.53. The van der Waals surface area contributed by atoms with Crippen LogP contribution < -0.4 is 17.0 Å². The lowest BCUT2D eigenvalue weighted by Crippen LogP contribution is -2.52. The van der Waals surface area contributed by atoms with Crippen molar-refractivity contribution in [2.75, 3.05) is 0 Å². The molecule has 176 valence electrons.